The van der Waals surface area contributed by atoms with Crippen LogP contribution >= 0.6 is 23.6 Å². The van der Waals surface area contributed by atoms with Gasteiger partial charge in [0.15, 0.2) is 4.77 Å². The van der Waals surface area contributed by atoms with Crippen molar-refractivity contribution in [2.45, 2.75) is 26.8 Å². The lowest BCUT2D eigenvalue weighted by Crippen LogP contribution is -2.22. The Labute approximate surface area is 108 Å². The zero-order valence-electron chi connectivity index (χ0n) is 9.87. The van der Waals surface area contributed by atoms with Crippen molar-refractivity contribution in [1.29, 1.82) is 0 Å². The van der Waals surface area contributed by atoms with Gasteiger partial charge in [0, 0.05) is 16.8 Å². The zero-order chi connectivity index (χ0) is 12.6. The summed E-state index contributed by atoms with van der Waals surface area (Å²) in [5.41, 5.74) is 1.78. The largest absolute Gasteiger partial charge is 0.331 e. The smallest absolute Gasteiger partial charge is 0.263 e. The van der Waals surface area contributed by atoms with Gasteiger partial charge in [0.2, 0.25) is 0 Å². The first-order valence-electron chi connectivity index (χ1n) is 5.42. The minimum atomic E-state index is -0.0253. The summed E-state index contributed by atoms with van der Waals surface area (Å²) in [6, 6.07) is 0. The summed E-state index contributed by atoms with van der Waals surface area (Å²) < 4.78 is 2.03. The maximum absolute atomic E-state index is 12.3. The number of nitrogens with one attached hydrogen (secondary N) is 1. The molecule has 2 rings (SSSR count). The number of aromatic amines is 1. The fourth-order valence-electron chi connectivity index (χ4n) is 1.78. The first-order valence-corrected chi connectivity index (χ1v) is 6.71. The number of nitrogens with zero attached hydrogens (tertiary/aromatic N) is 1. The number of hydrogen-bond donors (Lipinski definition) is 1. The molecule has 0 bridgehead atoms. The van der Waals surface area contributed by atoms with Crippen LogP contribution in [0.4, 0.5) is 0 Å². The van der Waals surface area contributed by atoms with Gasteiger partial charge >= 0.3 is 0 Å². The molecule has 17 heavy (non-hydrogen) atoms. The Morgan fingerprint density at radius 2 is 2.35 bits per heavy atom. The normalized spacial score (nSPS) is 10.9. The number of aryl methyl sites for hydroxylation is 1. The van der Waals surface area contributed by atoms with E-state index in [0.29, 0.717) is 11.3 Å². The molecule has 1 N–H and O–H groups in total. The van der Waals surface area contributed by atoms with E-state index in [-0.39, 0.29) is 5.56 Å². The highest BCUT2D eigenvalue weighted by Gasteiger charge is 2.10. The minimum absolute atomic E-state index is 0.0253. The van der Waals surface area contributed by atoms with Crippen LogP contribution in [0, 0.1) is 4.77 Å². The quantitative estimate of drug-likeness (QED) is 0.684. The molecule has 3 nitrogen and oxygen atoms in total. The first kappa shape index (κ1) is 12.3. The summed E-state index contributed by atoms with van der Waals surface area (Å²) in [7, 11) is 0. The van der Waals surface area contributed by atoms with Crippen LogP contribution in [0.25, 0.3) is 10.9 Å². The van der Waals surface area contributed by atoms with Crippen LogP contribution in [0.15, 0.2) is 22.3 Å². The van der Waals surface area contributed by atoms with Crippen LogP contribution in [-0.2, 0) is 13.0 Å². The second kappa shape index (κ2) is 4.58. The van der Waals surface area contributed by atoms with Gasteiger partial charge in [-0.1, -0.05) is 19.1 Å². The van der Waals surface area contributed by atoms with Gasteiger partial charge in [-0.3, -0.25) is 9.36 Å². The summed E-state index contributed by atoms with van der Waals surface area (Å²) in [6.07, 6.45) is 0.906. The number of thiophene rings is 1. The molecule has 0 radical (unpaired) electrons. The second-order valence-electron chi connectivity index (χ2n) is 4.08. The van der Waals surface area contributed by atoms with Crippen molar-refractivity contribution < 1.29 is 0 Å². The van der Waals surface area contributed by atoms with Gasteiger partial charge in [-0.25, -0.2) is 0 Å². The maximum atomic E-state index is 12.3. The average Bonchev–Trinajstić information content (AvgIpc) is 2.66. The Bertz CT molecular complexity index is 691. The lowest BCUT2D eigenvalue weighted by molar-refractivity contribution is 0.725. The van der Waals surface area contributed by atoms with Crippen LogP contribution in [0.5, 0.6) is 0 Å². The number of aromatic nitrogens is 2. The van der Waals surface area contributed by atoms with E-state index in [2.05, 4.69) is 18.5 Å². The van der Waals surface area contributed by atoms with Crippen molar-refractivity contribution in [2.24, 2.45) is 0 Å². The second-order valence-corrected chi connectivity index (χ2v) is 5.43. The molecule has 90 valence electrons. The van der Waals surface area contributed by atoms with Crippen molar-refractivity contribution in [3.63, 3.8) is 0 Å². The topological polar surface area (TPSA) is 37.8 Å². The number of hydrogen-bond acceptors (Lipinski definition) is 3. The van der Waals surface area contributed by atoms with Crippen molar-refractivity contribution in [3.05, 3.63) is 37.5 Å². The molecule has 2 heterocycles. The number of fused-ring (bicyclic) bond motifs is 1. The first-order chi connectivity index (χ1) is 8.04. The molecule has 0 aliphatic carbocycles. The fourth-order valence-corrected chi connectivity index (χ4v) is 2.95. The van der Waals surface area contributed by atoms with Gasteiger partial charge in [0.1, 0.15) is 0 Å². The van der Waals surface area contributed by atoms with Crippen LogP contribution < -0.4 is 5.56 Å². The van der Waals surface area contributed by atoms with E-state index in [9.17, 15) is 4.79 Å². The molecule has 2 aromatic heterocycles. The predicted octanol–water partition coefficient (Wildman–Crippen LogP) is 3.26. The third-order valence-corrected chi connectivity index (χ3v) is 4.02. The molecule has 0 saturated heterocycles. The Morgan fingerprint density at radius 3 is 2.94 bits per heavy atom. The Balaban J connectivity index is 2.78. The molecule has 2 aromatic rings. The third-order valence-electron chi connectivity index (χ3n) is 2.57. The third kappa shape index (κ3) is 2.12. The number of rotatable bonds is 3. The van der Waals surface area contributed by atoms with Crippen molar-refractivity contribution in [2.75, 3.05) is 0 Å². The molecule has 0 unspecified atom stereocenters. The molecule has 0 amide bonds. The highest BCUT2D eigenvalue weighted by atomic mass is 32.1. The molecule has 0 fully saturated rings. The molecule has 5 heteroatoms. The molecule has 0 saturated carbocycles. The molecular weight excluding hydrogens is 252 g/mol. The molecule has 0 spiro atoms. The SMILES string of the molecule is C=C(C)Cn1c(=S)[nH]c2c(CC)scc2c1=O. The Hall–Kier alpha value is -1.20. The van der Waals surface area contributed by atoms with Gasteiger partial charge in [-0.15, -0.1) is 11.3 Å². The zero-order valence-corrected chi connectivity index (χ0v) is 11.5. The summed E-state index contributed by atoms with van der Waals surface area (Å²) >= 11 is 6.83. The Morgan fingerprint density at radius 1 is 1.65 bits per heavy atom. The van der Waals surface area contributed by atoms with Crippen LogP contribution in [0.2, 0.25) is 0 Å². The molecule has 0 aromatic carbocycles. The summed E-state index contributed by atoms with van der Waals surface area (Å²) in [6.45, 7) is 8.25. The predicted molar refractivity (Wildman–Crippen MR) is 75.5 cm³/mol. The molecule has 0 atom stereocenters. The number of allylic oxidation sites excluding steroid dienone is 1. The van der Waals surface area contributed by atoms with Crippen molar-refractivity contribution >= 4 is 34.5 Å². The van der Waals surface area contributed by atoms with E-state index in [1.54, 1.807) is 15.9 Å². The monoisotopic (exact) mass is 266 g/mol. The highest BCUT2D eigenvalue weighted by Crippen LogP contribution is 2.21. The van der Waals surface area contributed by atoms with Gasteiger partial charge in [-0.05, 0) is 25.6 Å². The van der Waals surface area contributed by atoms with Gasteiger partial charge in [0.05, 0.1) is 10.9 Å². The van der Waals surface area contributed by atoms with Crippen LogP contribution in [0.1, 0.15) is 18.7 Å². The van der Waals surface area contributed by atoms with E-state index in [1.807, 2.05) is 12.3 Å². The van der Waals surface area contributed by atoms with Crippen molar-refractivity contribution in [3.8, 4) is 0 Å². The molecule has 0 aliphatic heterocycles. The van der Waals surface area contributed by atoms with E-state index < -0.39 is 0 Å². The standard InChI is InChI=1S/C12H14N2OS2/c1-4-9-10-8(6-17-9)11(15)14(5-7(2)3)12(16)13-10/h6H,2,4-5H2,1,3H3,(H,13,16). The summed E-state index contributed by atoms with van der Waals surface area (Å²) in [5.74, 6) is 0. The summed E-state index contributed by atoms with van der Waals surface area (Å²) in [5, 5.41) is 2.62. The van der Waals surface area contributed by atoms with Gasteiger partial charge in [0.25, 0.3) is 5.56 Å². The Kier molecular flexibility index (Phi) is 3.31. The van der Waals surface area contributed by atoms with Crippen molar-refractivity contribution in [1.82, 2.24) is 9.55 Å². The van der Waals surface area contributed by atoms with Gasteiger partial charge < -0.3 is 4.98 Å². The fraction of sp³-hybridized carbons (Fsp3) is 0.333. The molecular formula is C12H14N2OS2. The lowest BCUT2D eigenvalue weighted by atomic mass is 10.3. The lowest BCUT2D eigenvalue weighted by Gasteiger charge is -2.06. The van der Waals surface area contributed by atoms with E-state index >= 15 is 0 Å². The van der Waals surface area contributed by atoms with Crippen LogP contribution in [0.3, 0.4) is 0 Å². The summed E-state index contributed by atoms with van der Waals surface area (Å²) in [4.78, 5) is 16.6. The maximum Gasteiger partial charge on any atom is 0.263 e. The average molecular weight is 266 g/mol. The van der Waals surface area contributed by atoms with E-state index in [0.717, 1.165) is 22.9 Å². The highest BCUT2D eigenvalue weighted by molar-refractivity contribution is 7.71. The minimum Gasteiger partial charge on any atom is -0.331 e. The number of H-pyrrole nitrogens is 1. The van der Waals surface area contributed by atoms with E-state index in [1.165, 1.54) is 4.88 Å². The van der Waals surface area contributed by atoms with Gasteiger partial charge in [-0.2, -0.15) is 0 Å². The van der Waals surface area contributed by atoms with Crippen LogP contribution in [-0.4, -0.2) is 9.55 Å². The van der Waals surface area contributed by atoms with E-state index in [4.69, 9.17) is 12.2 Å². The molecule has 0 aliphatic rings.